The molecule has 0 spiro atoms. The summed E-state index contributed by atoms with van der Waals surface area (Å²) in [5.74, 6) is -1.01. The van der Waals surface area contributed by atoms with Crippen molar-refractivity contribution in [1.29, 1.82) is 0 Å². The summed E-state index contributed by atoms with van der Waals surface area (Å²) in [4.78, 5) is 31.2. The molecule has 1 aromatic carbocycles. The van der Waals surface area contributed by atoms with E-state index in [2.05, 4.69) is 4.98 Å². The lowest BCUT2D eigenvalue weighted by Crippen LogP contribution is -2.25. The molecule has 6 heteroatoms. The highest BCUT2D eigenvalue weighted by molar-refractivity contribution is 7.18. The zero-order chi connectivity index (χ0) is 16.0. The molecular weight excluding hydrogens is 315 g/mol. The number of aryl methyl sites for hydroxylation is 2. The number of Topliss-reactive ketones (excluding diaryl/α,β-unsaturated/α-hetero) is 1. The van der Waals surface area contributed by atoms with Crippen molar-refractivity contribution in [3.8, 4) is 0 Å². The quantitative estimate of drug-likeness (QED) is 0.695. The molecule has 2 heterocycles. The van der Waals surface area contributed by atoms with Crippen molar-refractivity contribution in [2.45, 2.75) is 25.8 Å². The monoisotopic (exact) mass is 328 g/mol. The average Bonchev–Trinajstić information content (AvgIpc) is 3.11. The standard InChI is InChI=1S/C17H13FN2O2S/c18-12-6-2-1-4-10(12)13(21)8-20-9-19-16-15(17(20)22)11-5-3-7-14(11)23-16/h1-2,4,6,9H,3,5,7-8H2. The molecule has 0 saturated heterocycles. The Labute approximate surface area is 135 Å². The van der Waals surface area contributed by atoms with Crippen LogP contribution in [0.4, 0.5) is 4.39 Å². The van der Waals surface area contributed by atoms with Crippen LogP contribution in [0.1, 0.15) is 27.2 Å². The number of hydrogen-bond donors (Lipinski definition) is 0. The highest BCUT2D eigenvalue weighted by Gasteiger charge is 2.22. The van der Waals surface area contributed by atoms with E-state index in [0.29, 0.717) is 5.39 Å². The van der Waals surface area contributed by atoms with Gasteiger partial charge in [-0.15, -0.1) is 11.3 Å². The van der Waals surface area contributed by atoms with Gasteiger partial charge in [0.05, 0.1) is 23.8 Å². The van der Waals surface area contributed by atoms with Crippen molar-refractivity contribution in [2.75, 3.05) is 0 Å². The van der Waals surface area contributed by atoms with Crippen LogP contribution >= 0.6 is 11.3 Å². The second kappa shape index (κ2) is 5.38. The van der Waals surface area contributed by atoms with Crippen molar-refractivity contribution in [1.82, 2.24) is 9.55 Å². The van der Waals surface area contributed by atoms with E-state index < -0.39 is 11.6 Å². The van der Waals surface area contributed by atoms with Gasteiger partial charge in [0, 0.05) is 4.88 Å². The van der Waals surface area contributed by atoms with E-state index in [1.54, 1.807) is 17.4 Å². The number of nitrogens with zero attached hydrogens (tertiary/aromatic N) is 2. The first-order chi connectivity index (χ1) is 11.1. The molecule has 2 aromatic heterocycles. The van der Waals surface area contributed by atoms with Gasteiger partial charge in [-0.2, -0.15) is 0 Å². The minimum atomic E-state index is -0.573. The van der Waals surface area contributed by atoms with E-state index in [1.165, 1.54) is 34.0 Å². The minimum absolute atomic E-state index is 0.00459. The fraction of sp³-hybridized carbons (Fsp3) is 0.235. The number of hydrogen-bond acceptors (Lipinski definition) is 4. The number of aromatic nitrogens is 2. The molecule has 23 heavy (non-hydrogen) atoms. The number of rotatable bonds is 3. The van der Waals surface area contributed by atoms with E-state index in [4.69, 9.17) is 0 Å². The number of halogens is 1. The largest absolute Gasteiger partial charge is 0.292 e. The molecule has 1 aliphatic carbocycles. The van der Waals surface area contributed by atoms with Gasteiger partial charge in [-0.3, -0.25) is 14.2 Å². The molecule has 0 saturated carbocycles. The molecule has 3 aromatic rings. The molecule has 4 nitrogen and oxygen atoms in total. The Morgan fingerprint density at radius 1 is 1.30 bits per heavy atom. The van der Waals surface area contributed by atoms with Gasteiger partial charge in [-0.25, -0.2) is 9.37 Å². The van der Waals surface area contributed by atoms with Crippen molar-refractivity contribution in [2.24, 2.45) is 0 Å². The maximum Gasteiger partial charge on any atom is 0.262 e. The average molecular weight is 328 g/mol. The van der Waals surface area contributed by atoms with Crippen LogP contribution in [0.3, 0.4) is 0 Å². The summed E-state index contributed by atoms with van der Waals surface area (Å²) >= 11 is 1.56. The Balaban J connectivity index is 1.75. The van der Waals surface area contributed by atoms with Crippen molar-refractivity contribution in [3.63, 3.8) is 0 Å². The molecule has 0 amide bonds. The first-order valence-electron chi connectivity index (χ1n) is 7.42. The molecule has 0 fully saturated rings. The lowest BCUT2D eigenvalue weighted by molar-refractivity contribution is 0.0966. The fourth-order valence-corrected chi connectivity index (χ4v) is 4.28. The van der Waals surface area contributed by atoms with Gasteiger partial charge < -0.3 is 0 Å². The summed E-state index contributed by atoms with van der Waals surface area (Å²) in [5, 5.41) is 0.631. The third-order valence-corrected chi connectivity index (χ3v) is 5.38. The number of fused-ring (bicyclic) bond motifs is 3. The lowest BCUT2D eigenvalue weighted by Gasteiger charge is -2.06. The first kappa shape index (κ1) is 14.3. The Kier molecular flexibility index (Phi) is 3.34. The van der Waals surface area contributed by atoms with Gasteiger partial charge in [0.2, 0.25) is 0 Å². The normalized spacial score (nSPS) is 13.4. The van der Waals surface area contributed by atoms with Gasteiger partial charge in [0.15, 0.2) is 5.78 Å². The van der Waals surface area contributed by atoms with Crippen LogP contribution in [0.25, 0.3) is 10.2 Å². The number of thiophene rings is 1. The van der Waals surface area contributed by atoms with Crippen LogP contribution in [-0.2, 0) is 19.4 Å². The molecule has 0 atom stereocenters. The predicted molar refractivity (Wildman–Crippen MR) is 86.6 cm³/mol. The summed E-state index contributed by atoms with van der Waals surface area (Å²) in [6.07, 6.45) is 4.32. The molecular formula is C17H13FN2O2S. The molecule has 116 valence electrons. The van der Waals surface area contributed by atoms with Gasteiger partial charge in [-0.1, -0.05) is 12.1 Å². The van der Waals surface area contributed by atoms with Crippen LogP contribution in [0, 0.1) is 5.82 Å². The second-order valence-corrected chi connectivity index (χ2v) is 6.70. The van der Waals surface area contributed by atoms with E-state index >= 15 is 0 Å². The van der Waals surface area contributed by atoms with Crippen molar-refractivity contribution >= 4 is 27.3 Å². The summed E-state index contributed by atoms with van der Waals surface area (Å²) in [6, 6.07) is 5.80. The lowest BCUT2D eigenvalue weighted by atomic mass is 10.1. The van der Waals surface area contributed by atoms with E-state index in [1.807, 2.05) is 0 Å². The van der Waals surface area contributed by atoms with Gasteiger partial charge in [-0.05, 0) is 37.0 Å². The summed E-state index contributed by atoms with van der Waals surface area (Å²) < 4.78 is 15.0. The van der Waals surface area contributed by atoms with Crippen LogP contribution in [-0.4, -0.2) is 15.3 Å². The predicted octanol–water partition coefficient (Wildman–Crippen LogP) is 2.97. The molecule has 4 rings (SSSR count). The van der Waals surface area contributed by atoms with Gasteiger partial charge in [0.25, 0.3) is 5.56 Å². The highest BCUT2D eigenvalue weighted by Crippen LogP contribution is 2.34. The van der Waals surface area contributed by atoms with E-state index in [0.717, 1.165) is 29.7 Å². The highest BCUT2D eigenvalue weighted by atomic mass is 32.1. The molecule has 0 bridgehead atoms. The Morgan fingerprint density at radius 2 is 2.13 bits per heavy atom. The molecule has 0 N–H and O–H groups in total. The van der Waals surface area contributed by atoms with Crippen molar-refractivity contribution < 1.29 is 9.18 Å². The molecule has 0 unspecified atom stereocenters. The van der Waals surface area contributed by atoms with Gasteiger partial charge in [0.1, 0.15) is 10.6 Å². The molecule has 0 aliphatic heterocycles. The number of carbonyl (C=O) groups excluding carboxylic acids is 1. The van der Waals surface area contributed by atoms with Crippen molar-refractivity contribution in [3.05, 3.63) is 62.8 Å². The smallest absolute Gasteiger partial charge is 0.262 e. The second-order valence-electron chi connectivity index (χ2n) is 5.62. The Hall–Kier alpha value is -2.34. The first-order valence-corrected chi connectivity index (χ1v) is 8.24. The summed E-state index contributed by atoms with van der Waals surface area (Å²) in [7, 11) is 0. The molecule has 1 aliphatic rings. The van der Waals surface area contributed by atoms with Crippen LogP contribution in [0.15, 0.2) is 35.4 Å². The Morgan fingerprint density at radius 3 is 2.96 bits per heavy atom. The fourth-order valence-electron chi connectivity index (χ4n) is 3.06. The molecule has 0 radical (unpaired) electrons. The van der Waals surface area contributed by atoms with Crippen LogP contribution < -0.4 is 5.56 Å². The number of benzene rings is 1. The minimum Gasteiger partial charge on any atom is -0.292 e. The van der Waals surface area contributed by atoms with E-state index in [9.17, 15) is 14.0 Å². The summed E-state index contributed by atoms with van der Waals surface area (Å²) in [6.45, 7) is -0.201. The van der Waals surface area contributed by atoms with E-state index in [-0.39, 0.29) is 17.7 Å². The topological polar surface area (TPSA) is 52.0 Å². The summed E-state index contributed by atoms with van der Waals surface area (Å²) in [5.41, 5.74) is 0.865. The maximum atomic E-state index is 13.7. The third-order valence-electron chi connectivity index (χ3n) is 4.18. The van der Waals surface area contributed by atoms with Crippen LogP contribution in [0.2, 0.25) is 0 Å². The number of ketones is 1. The van der Waals surface area contributed by atoms with Gasteiger partial charge >= 0.3 is 0 Å². The van der Waals surface area contributed by atoms with Crippen LogP contribution in [0.5, 0.6) is 0 Å². The Bertz CT molecular complexity index is 990. The third kappa shape index (κ3) is 2.30. The zero-order valence-electron chi connectivity index (χ0n) is 12.2. The zero-order valence-corrected chi connectivity index (χ0v) is 13.0. The number of carbonyl (C=O) groups is 1. The maximum absolute atomic E-state index is 13.7. The SMILES string of the molecule is O=C(Cn1cnc2sc3c(c2c1=O)CCC3)c1ccccc1F.